The van der Waals surface area contributed by atoms with Gasteiger partial charge in [-0.25, -0.2) is 4.79 Å². The van der Waals surface area contributed by atoms with Gasteiger partial charge in [0.15, 0.2) is 8.32 Å². The second kappa shape index (κ2) is 8.88. The van der Waals surface area contributed by atoms with Crippen LogP contribution in [0, 0.1) is 5.92 Å². The van der Waals surface area contributed by atoms with Gasteiger partial charge in [-0.3, -0.25) is 4.90 Å². The molecule has 1 saturated heterocycles. The molecule has 6 heteroatoms. The predicted molar refractivity (Wildman–Crippen MR) is 118 cm³/mol. The summed E-state index contributed by atoms with van der Waals surface area (Å²) in [5.74, 6) is 0.291. The topological polar surface area (TPSA) is 48.0 Å². The Kier molecular flexibility index (Phi) is 7.99. The first-order chi connectivity index (χ1) is 12.5. The number of carbonyl (C=O) groups is 1. The van der Waals surface area contributed by atoms with Crippen molar-refractivity contribution in [3.63, 3.8) is 0 Å². The van der Waals surface area contributed by atoms with Crippen molar-refractivity contribution < 1.29 is 18.7 Å². The fourth-order valence-corrected chi connectivity index (χ4v) is 4.22. The molecule has 0 bridgehead atoms. The predicted octanol–water partition coefficient (Wildman–Crippen LogP) is 5.96. The molecule has 1 aliphatic rings. The first-order valence-corrected chi connectivity index (χ1v) is 13.3. The van der Waals surface area contributed by atoms with Crippen molar-refractivity contribution >= 4 is 14.4 Å². The van der Waals surface area contributed by atoms with E-state index in [1.165, 1.54) is 0 Å². The number of allylic oxidation sites excluding steroid dienone is 1. The minimum absolute atomic E-state index is 0.0298. The van der Waals surface area contributed by atoms with E-state index >= 15 is 0 Å². The van der Waals surface area contributed by atoms with Crippen LogP contribution in [0.1, 0.15) is 68.2 Å². The summed E-state index contributed by atoms with van der Waals surface area (Å²) in [4.78, 5) is 14.6. The van der Waals surface area contributed by atoms with E-state index < -0.39 is 19.6 Å². The molecule has 0 saturated carbocycles. The highest BCUT2D eigenvalue weighted by atomic mass is 28.4. The Hall–Kier alpha value is -0.853. The summed E-state index contributed by atoms with van der Waals surface area (Å²) in [5, 5.41) is 0.173. The lowest BCUT2D eigenvalue weighted by Gasteiger charge is -2.38. The van der Waals surface area contributed by atoms with Gasteiger partial charge in [-0.2, -0.15) is 0 Å². The van der Waals surface area contributed by atoms with Crippen molar-refractivity contribution in [1.82, 2.24) is 4.90 Å². The molecule has 2 unspecified atom stereocenters. The molecule has 1 heterocycles. The van der Waals surface area contributed by atoms with E-state index in [2.05, 4.69) is 40.4 Å². The molecule has 0 N–H and O–H groups in total. The molecule has 0 radical (unpaired) electrons. The van der Waals surface area contributed by atoms with Gasteiger partial charge in [-0.15, -0.1) is 6.58 Å². The lowest BCUT2D eigenvalue weighted by Crippen LogP contribution is -2.50. The van der Waals surface area contributed by atoms with Crippen molar-refractivity contribution in [2.45, 2.75) is 104 Å². The van der Waals surface area contributed by atoms with E-state index in [9.17, 15) is 4.79 Å². The van der Waals surface area contributed by atoms with Crippen LogP contribution >= 0.6 is 0 Å². The normalized spacial score (nSPS) is 21.5. The second-order valence-corrected chi connectivity index (χ2v) is 15.8. The lowest BCUT2D eigenvalue weighted by atomic mass is 9.97. The quantitative estimate of drug-likeness (QED) is 0.381. The summed E-state index contributed by atoms with van der Waals surface area (Å²) in [7, 11) is -1.82. The van der Waals surface area contributed by atoms with E-state index in [1.807, 2.05) is 40.7 Å². The van der Waals surface area contributed by atoms with Gasteiger partial charge in [0.05, 0.1) is 12.6 Å². The Morgan fingerprint density at radius 2 is 1.86 bits per heavy atom. The van der Waals surface area contributed by atoms with Crippen molar-refractivity contribution in [1.29, 1.82) is 0 Å². The number of rotatable bonds is 7. The van der Waals surface area contributed by atoms with Crippen LogP contribution in [0.2, 0.25) is 18.1 Å². The van der Waals surface area contributed by atoms with Crippen LogP contribution in [0.4, 0.5) is 4.79 Å². The Morgan fingerprint density at radius 3 is 2.32 bits per heavy atom. The average molecular weight is 414 g/mol. The van der Waals surface area contributed by atoms with Gasteiger partial charge in [0, 0.05) is 6.61 Å². The number of nitrogens with zero attached hydrogens (tertiary/aromatic N) is 1. The molecule has 1 rings (SSSR count). The standard InChI is InChI=1S/C22H43NO4Si/c1-12-13-17(15-26-28(10,11)21(5,6)7)14-18-16-25-22(8,9)23(18)19(24)27-20(2,3)4/h12,17-18H,1,13-16H2,2-11H3. The van der Waals surface area contributed by atoms with Crippen LogP contribution in [0.3, 0.4) is 0 Å². The van der Waals surface area contributed by atoms with Gasteiger partial charge in [0.25, 0.3) is 0 Å². The molecule has 164 valence electrons. The van der Waals surface area contributed by atoms with Crippen LogP contribution in [0.15, 0.2) is 12.7 Å². The van der Waals surface area contributed by atoms with Crippen molar-refractivity contribution in [2.24, 2.45) is 5.92 Å². The molecule has 1 fully saturated rings. The summed E-state index contributed by atoms with van der Waals surface area (Å²) >= 11 is 0. The Balaban J connectivity index is 2.89. The molecular weight excluding hydrogens is 370 g/mol. The SMILES string of the molecule is C=CCC(CO[Si](C)(C)C(C)(C)C)CC1COC(C)(C)N1C(=O)OC(C)(C)C. The Bertz CT molecular complexity index is 546. The number of hydrogen-bond donors (Lipinski definition) is 0. The lowest BCUT2D eigenvalue weighted by molar-refractivity contribution is -0.0632. The van der Waals surface area contributed by atoms with Crippen LogP contribution in [0.5, 0.6) is 0 Å². The Labute approximate surface area is 173 Å². The van der Waals surface area contributed by atoms with Crippen LogP contribution in [0.25, 0.3) is 0 Å². The van der Waals surface area contributed by atoms with Gasteiger partial charge in [0.1, 0.15) is 11.3 Å². The maximum atomic E-state index is 12.9. The van der Waals surface area contributed by atoms with Gasteiger partial charge in [0.2, 0.25) is 0 Å². The van der Waals surface area contributed by atoms with Gasteiger partial charge in [-0.05, 0) is 71.5 Å². The number of amides is 1. The molecule has 0 aromatic heterocycles. The minimum atomic E-state index is -1.82. The van der Waals surface area contributed by atoms with Crippen LogP contribution < -0.4 is 0 Å². The van der Waals surface area contributed by atoms with E-state index in [0.717, 1.165) is 12.8 Å². The van der Waals surface area contributed by atoms with E-state index in [0.29, 0.717) is 19.1 Å². The van der Waals surface area contributed by atoms with E-state index in [4.69, 9.17) is 13.9 Å². The molecule has 1 amide bonds. The summed E-state index contributed by atoms with van der Waals surface area (Å²) in [6.07, 6.45) is 3.29. The number of carbonyl (C=O) groups excluding carboxylic acids is 1. The van der Waals surface area contributed by atoms with Gasteiger partial charge < -0.3 is 13.9 Å². The molecule has 0 aromatic rings. The van der Waals surface area contributed by atoms with Gasteiger partial charge in [-0.1, -0.05) is 26.8 Å². The van der Waals surface area contributed by atoms with Crippen molar-refractivity contribution in [2.75, 3.05) is 13.2 Å². The average Bonchev–Trinajstić information content (AvgIpc) is 2.77. The molecule has 0 aromatic carbocycles. The van der Waals surface area contributed by atoms with Crippen molar-refractivity contribution in [3.8, 4) is 0 Å². The summed E-state index contributed by atoms with van der Waals surface area (Å²) in [6, 6.07) is -0.0298. The molecule has 0 spiro atoms. The fraction of sp³-hybridized carbons (Fsp3) is 0.864. The second-order valence-electron chi connectivity index (χ2n) is 11.0. The monoisotopic (exact) mass is 413 g/mol. The third-order valence-corrected chi connectivity index (χ3v) is 10.3. The Morgan fingerprint density at radius 1 is 1.29 bits per heavy atom. The molecule has 28 heavy (non-hydrogen) atoms. The van der Waals surface area contributed by atoms with Gasteiger partial charge >= 0.3 is 6.09 Å². The zero-order valence-electron chi connectivity index (χ0n) is 19.8. The smallest absolute Gasteiger partial charge is 0.412 e. The zero-order valence-corrected chi connectivity index (χ0v) is 20.8. The summed E-state index contributed by atoms with van der Waals surface area (Å²) in [6.45, 7) is 25.9. The summed E-state index contributed by atoms with van der Waals surface area (Å²) in [5.41, 5.74) is -1.21. The highest BCUT2D eigenvalue weighted by molar-refractivity contribution is 6.74. The molecule has 0 aliphatic carbocycles. The van der Waals surface area contributed by atoms with E-state index in [1.54, 1.807) is 4.90 Å². The van der Waals surface area contributed by atoms with E-state index in [-0.39, 0.29) is 17.2 Å². The highest BCUT2D eigenvalue weighted by Crippen LogP contribution is 2.38. The molecule has 5 nitrogen and oxygen atoms in total. The third kappa shape index (κ3) is 6.89. The zero-order chi connectivity index (χ0) is 22.0. The van der Waals surface area contributed by atoms with Crippen LogP contribution in [-0.2, 0) is 13.9 Å². The summed E-state index contributed by atoms with van der Waals surface area (Å²) < 4.78 is 18.1. The maximum absolute atomic E-state index is 12.9. The molecule has 1 aliphatic heterocycles. The minimum Gasteiger partial charge on any atom is -0.444 e. The largest absolute Gasteiger partial charge is 0.444 e. The first kappa shape index (κ1) is 25.2. The molecular formula is C22H43NO4Si. The number of hydrogen-bond acceptors (Lipinski definition) is 4. The number of ether oxygens (including phenoxy) is 2. The first-order valence-electron chi connectivity index (χ1n) is 10.4. The van der Waals surface area contributed by atoms with Crippen LogP contribution in [-0.4, -0.2) is 49.9 Å². The van der Waals surface area contributed by atoms with Crippen molar-refractivity contribution in [3.05, 3.63) is 12.7 Å². The molecule has 2 atom stereocenters. The third-order valence-electron chi connectivity index (χ3n) is 5.76. The fourth-order valence-electron chi connectivity index (χ4n) is 3.13. The maximum Gasteiger partial charge on any atom is 0.412 e. The highest BCUT2D eigenvalue weighted by Gasteiger charge is 2.46.